The van der Waals surface area contributed by atoms with Crippen molar-refractivity contribution in [1.82, 2.24) is 9.80 Å². The van der Waals surface area contributed by atoms with Crippen molar-refractivity contribution in [2.45, 2.75) is 46.5 Å². The number of amides is 2. The lowest BCUT2D eigenvalue weighted by Crippen LogP contribution is -2.41. The minimum atomic E-state index is -5.09. The number of carbonyl (C=O) groups is 2. The van der Waals surface area contributed by atoms with E-state index in [1.54, 1.807) is 0 Å². The first-order chi connectivity index (χ1) is 19.8. The topological polar surface area (TPSA) is 258 Å². The van der Waals surface area contributed by atoms with Crippen LogP contribution < -0.4 is 0 Å². The number of benzene rings is 2. The van der Waals surface area contributed by atoms with Gasteiger partial charge in [0, 0.05) is 37.3 Å². The first kappa shape index (κ1) is 36.7. The summed E-state index contributed by atoms with van der Waals surface area (Å²) in [5.74, 6) is -1.55. The van der Waals surface area contributed by atoms with Gasteiger partial charge in [-0.25, -0.2) is 0 Å². The molecule has 0 aromatic heterocycles. The van der Waals surface area contributed by atoms with Gasteiger partial charge in [-0.1, -0.05) is 25.3 Å². The second kappa shape index (κ2) is 13.2. The maximum atomic E-state index is 13.0. The molecular weight excluding hydrogens is 669 g/mol. The van der Waals surface area contributed by atoms with Gasteiger partial charge < -0.3 is 9.80 Å². The van der Waals surface area contributed by atoms with Crippen molar-refractivity contribution >= 4 is 52.3 Å². The smallest absolute Gasteiger partial charge is 0.294 e. The molecule has 2 aromatic carbocycles. The van der Waals surface area contributed by atoms with Crippen LogP contribution in [0.4, 0.5) is 0 Å². The molecule has 44 heavy (non-hydrogen) atoms. The standard InChI is InChI=1S/C24H28N2O14S4/c1-15(2)23(27)25(13-17-5-7-19(41(29,30)31)11-21(17)43(35,36)37)9-10-26(24(28)16(3)4)14-18-6-8-20(42(32,33)34)12-22(18)44(38,39)40/h5-8,11-12H,1,3,9-10,13-14H2,2,4H3,(H,29,30,31)(H,32,33,34)(H,35,36,37)(H,38,39,40). The van der Waals surface area contributed by atoms with Gasteiger partial charge in [0.1, 0.15) is 9.79 Å². The average molecular weight is 697 g/mol. The van der Waals surface area contributed by atoms with Crippen molar-refractivity contribution in [3.05, 3.63) is 71.8 Å². The van der Waals surface area contributed by atoms with Gasteiger partial charge in [0.25, 0.3) is 40.5 Å². The van der Waals surface area contributed by atoms with Gasteiger partial charge in [-0.05, 0) is 49.2 Å². The van der Waals surface area contributed by atoms with Gasteiger partial charge in [0.15, 0.2) is 0 Å². The van der Waals surface area contributed by atoms with Crippen LogP contribution in [0.5, 0.6) is 0 Å². The molecular formula is C24H28N2O14S4. The van der Waals surface area contributed by atoms with E-state index in [0.717, 1.165) is 34.1 Å². The summed E-state index contributed by atoms with van der Waals surface area (Å²) >= 11 is 0. The summed E-state index contributed by atoms with van der Waals surface area (Å²) in [5.41, 5.74) is -0.691. The molecule has 0 saturated carbocycles. The fourth-order valence-corrected chi connectivity index (χ4v) is 6.47. The van der Waals surface area contributed by atoms with Crippen molar-refractivity contribution in [2.75, 3.05) is 13.1 Å². The minimum Gasteiger partial charge on any atom is -0.333 e. The molecule has 0 aliphatic rings. The molecule has 0 aliphatic carbocycles. The molecule has 242 valence electrons. The summed E-state index contributed by atoms with van der Waals surface area (Å²) in [5, 5.41) is 0. The van der Waals surface area contributed by atoms with E-state index in [4.69, 9.17) is 0 Å². The van der Waals surface area contributed by atoms with Gasteiger partial charge in [-0.3, -0.25) is 27.8 Å². The van der Waals surface area contributed by atoms with Crippen LogP contribution in [0.3, 0.4) is 0 Å². The van der Waals surface area contributed by atoms with Crippen molar-refractivity contribution in [3.63, 3.8) is 0 Å². The van der Waals surface area contributed by atoms with Gasteiger partial charge in [0.05, 0.1) is 9.79 Å². The van der Waals surface area contributed by atoms with E-state index in [2.05, 4.69) is 13.2 Å². The summed E-state index contributed by atoms with van der Waals surface area (Å²) < 4.78 is 132. The van der Waals surface area contributed by atoms with E-state index in [9.17, 15) is 61.5 Å². The molecule has 0 unspecified atom stereocenters. The van der Waals surface area contributed by atoms with Crippen LogP contribution in [0.15, 0.2) is 80.3 Å². The molecule has 4 N–H and O–H groups in total. The predicted octanol–water partition coefficient (Wildman–Crippen LogP) is 1.18. The first-order valence-corrected chi connectivity index (χ1v) is 17.7. The molecule has 2 aromatic rings. The van der Waals surface area contributed by atoms with Crippen LogP contribution in [0.25, 0.3) is 0 Å². The molecule has 0 heterocycles. The van der Waals surface area contributed by atoms with Crippen LogP contribution in [-0.2, 0) is 63.2 Å². The third kappa shape index (κ3) is 9.50. The number of rotatable bonds is 13. The van der Waals surface area contributed by atoms with Crippen LogP contribution in [-0.4, -0.2) is 86.6 Å². The molecule has 0 atom stereocenters. The summed E-state index contributed by atoms with van der Waals surface area (Å²) in [6, 6.07) is 4.47. The van der Waals surface area contributed by atoms with Crippen molar-refractivity contribution in [3.8, 4) is 0 Å². The fourth-order valence-electron chi connectivity index (χ4n) is 3.83. The lowest BCUT2D eigenvalue weighted by atomic mass is 10.1. The Morgan fingerprint density at radius 2 is 0.886 bits per heavy atom. The highest BCUT2D eigenvalue weighted by molar-refractivity contribution is 7.87. The highest BCUT2D eigenvalue weighted by Gasteiger charge is 2.27. The Morgan fingerprint density at radius 3 is 1.11 bits per heavy atom. The second-order valence-electron chi connectivity index (χ2n) is 9.45. The van der Waals surface area contributed by atoms with E-state index in [0.29, 0.717) is 12.1 Å². The monoisotopic (exact) mass is 696 g/mol. The average Bonchev–Trinajstić information content (AvgIpc) is 2.86. The normalized spacial score (nSPS) is 12.4. The highest BCUT2D eigenvalue weighted by atomic mass is 32.2. The maximum Gasteiger partial charge on any atom is 0.294 e. The Bertz CT molecular complexity index is 1820. The third-order valence-corrected chi connectivity index (χ3v) is 9.47. The summed E-state index contributed by atoms with van der Waals surface area (Å²) in [4.78, 5) is 24.3. The van der Waals surface area contributed by atoms with Crippen molar-refractivity contribution < 1.29 is 61.5 Å². The predicted molar refractivity (Wildman–Crippen MR) is 153 cm³/mol. The lowest BCUT2D eigenvalue weighted by Gasteiger charge is -2.29. The molecule has 2 rings (SSSR count). The molecule has 16 nitrogen and oxygen atoms in total. The Labute approximate surface area is 254 Å². The lowest BCUT2D eigenvalue weighted by molar-refractivity contribution is -0.131. The highest BCUT2D eigenvalue weighted by Crippen LogP contribution is 2.25. The molecule has 0 saturated heterocycles. The quantitative estimate of drug-likeness (QED) is 0.169. The molecule has 0 fully saturated rings. The molecule has 2 amide bonds. The largest absolute Gasteiger partial charge is 0.333 e. The summed E-state index contributed by atoms with van der Waals surface area (Å²) in [6.07, 6.45) is 0. The summed E-state index contributed by atoms with van der Waals surface area (Å²) in [6.45, 7) is 7.69. The Morgan fingerprint density at radius 1 is 0.591 bits per heavy atom. The number of nitrogens with zero attached hydrogens (tertiary/aromatic N) is 2. The van der Waals surface area contributed by atoms with Crippen LogP contribution in [0.2, 0.25) is 0 Å². The van der Waals surface area contributed by atoms with E-state index < -0.39 is 98.0 Å². The summed E-state index contributed by atoms with van der Waals surface area (Å²) in [7, 11) is -20.0. The zero-order valence-electron chi connectivity index (χ0n) is 23.1. The van der Waals surface area contributed by atoms with Gasteiger partial charge in [-0.15, -0.1) is 0 Å². The Kier molecular flexibility index (Phi) is 11.0. The molecule has 0 radical (unpaired) electrons. The van der Waals surface area contributed by atoms with Gasteiger partial charge in [0.2, 0.25) is 11.8 Å². The van der Waals surface area contributed by atoms with Crippen LogP contribution >= 0.6 is 0 Å². The van der Waals surface area contributed by atoms with Crippen molar-refractivity contribution in [2.24, 2.45) is 0 Å². The van der Waals surface area contributed by atoms with Crippen molar-refractivity contribution in [1.29, 1.82) is 0 Å². The number of carbonyl (C=O) groups excluding carboxylic acids is 2. The van der Waals surface area contributed by atoms with Gasteiger partial charge >= 0.3 is 0 Å². The Balaban J connectivity index is 2.57. The molecule has 0 bridgehead atoms. The molecule has 0 aliphatic heterocycles. The van der Waals surface area contributed by atoms with E-state index in [1.165, 1.54) is 13.8 Å². The third-order valence-electron chi connectivity index (χ3n) is 5.90. The molecule has 20 heteroatoms. The van der Waals surface area contributed by atoms with E-state index in [-0.39, 0.29) is 22.3 Å². The fraction of sp³-hybridized carbons (Fsp3) is 0.250. The van der Waals surface area contributed by atoms with Crippen LogP contribution in [0.1, 0.15) is 25.0 Å². The SMILES string of the molecule is C=C(C)C(=O)N(CCN(Cc1ccc(S(=O)(=O)O)cc1S(=O)(=O)O)C(=O)C(=C)C)Cc1ccc(S(=O)(=O)O)cc1S(=O)(=O)O. The number of hydrogen-bond acceptors (Lipinski definition) is 10. The maximum absolute atomic E-state index is 13.0. The molecule has 0 spiro atoms. The van der Waals surface area contributed by atoms with Crippen LogP contribution in [0, 0.1) is 0 Å². The Hall–Kier alpha value is -3.50. The van der Waals surface area contributed by atoms with E-state index in [1.807, 2.05) is 0 Å². The zero-order chi connectivity index (χ0) is 34.0. The van der Waals surface area contributed by atoms with E-state index >= 15 is 0 Å². The van der Waals surface area contributed by atoms with Gasteiger partial charge in [-0.2, -0.15) is 33.7 Å². The first-order valence-electron chi connectivity index (χ1n) is 11.9. The zero-order valence-corrected chi connectivity index (χ0v) is 26.4. The second-order valence-corrected chi connectivity index (χ2v) is 15.1. The number of hydrogen-bond donors (Lipinski definition) is 4. The minimum absolute atomic E-state index is 0.0554.